The first-order valence-corrected chi connectivity index (χ1v) is 10.1. The smallest absolute Gasteiger partial charge is 0.244 e. The number of anilines is 3. The zero-order valence-electron chi connectivity index (χ0n) is 17.1. The third kappa shape index (κ3) is 3.43. The summed E-state index contributed by atoms with van der Waals surface area (Å²) in [5.41, 5.74) is 3.35. The first-order chi connectivity index (χ1) is 13.4. The van der Waals surface area contributed by atoms with Gasteiger partial charge in [0.15, 0.2) is 5.82 Å². The number of fused-ring (bicyclic) bond motifs is 1. The predicted molar refractivity (Wildman–Crippen MR) is 109 cm³/mol. The van der Waals surface area contributed by atoms with Gasteiger partial charge in [0, 0.05) is 38.0 Å². The third-order valence-electron chi connectivity index (χ3n) is 5.62. The Bertz CT molecular complexity index is 873. The molecule has 8 nitrogen and oxygen atoms in total. The number of rotatable bonds is 5. The molecule has 1 aliphatic heterocycles. The third-order valence-corrected chi connectivity index (χ3v) is 5.62. The van der Waals surface area contributed by atoms with Crippen molar-refractivity contribution >= 4 is 23.5 Å². The van der Waals surface area contributed by atoms with E-state index in [0.717, 1.165) is 61.7 Å². The van der Waals surface area contributed by atoms with Crippen LogP contribution in [0.4, 0.5) is 17.6 Å². The molecule has 0 saturated carbocycles. The summed E-state index contributed by atoms with van der Waals surface area (Å²) in [5, 5.41) is 10.9. The number of aromatic amines is 1. The molecule has 0 unspecified atom stereocenters. The van der Waals surface area contributed by atoms with E-state index in [1.807, 2.05) is 6.07 Å². The van der Waals surface area contributed by atoms with Crippen molar-refractivity contribution in [1.82, 2.24) is 25.1 Å². The first-order valence-electron chi connectivity index (χ1n) is 10.1. The van der Waals surface area contributed by atoms with Gasteiger partial charge in [-0.25, -0.2) is 4.98 Å². The average molecular weight is 384 g/mol. The number of amides is 1. The van der Waals surface area contributed by atoms with E-state index < -0.39 is 0 Å². The molecule has 1 aliphatic carbocycles. The van der Waals surface area contributed by atoms with Gasteiger partial charge in [0.2, 0.25) is 11.9 Å². The van der Waals surface area contributed by atoms with Crippen LogP contribution in [-0.2, 0) is 17.6 Å². The lowest BCUT2D eigenvalue weighted by Crippen LogP contribution is -2.43. The largest absolute Gasteiger partial charge is 0.347 e. The second-order valence-corrected chi connectivity index (χ2v) is 8.22. The van der Waals surface area contributed by atoms with Crippen LogP contribution in [0.25, 0.3) is 0 Å². The van der Waals surface area contributed by atoms with Gasteiger partial charge < -0.3 is 15.1 Å². The highest BCUT2D eigenvalue weighted by Crippen LogP contribution is 2.32. The summed E-state index contributed by atoms with van der Waals surface area (Å²) in [6.07, 6.45) is 4.83. The molecular formula is C20H29N7O. The van der Waals surface area contributed by atoms with Crippen LogP contribution in [-0.4, -0.2) is 57.7 Å². The molecule has 3 heterocycles. The minimum Gasteiger partial charge on any atom is -0.347 e. The number of aryl methyl sites for hydroxylation is 1. The average Bonchev–Trinajstić information content (AvgIpc) is 3.40. The summed E-state index contributed by atoms with van der Waals surface area (Å²) in [4.78, 5) is 26.0. The van der Waals surface area contributed by atoms with E-state index in [0.29, 0.717) is 11.9 Å². The SMILES string of the molecule is CC(C)c1cc(Nc2nc(N3CCC[C@@H]3C(=O)N(C)C)nc3c2CCC3)n[nH]1. The van der Waals surface area contributed by atoms with Crippen molar-refractivity contribution < 1.29 is 4.79 Å². The Kier molecular flexibility index (Phi) is 4.95. The van der Waals surface area contributed by atoms with Crippen molar-refractivity contribution in [2.24, 2.45) is 0 Å². The second kappa shape index (κ2) is 7.41. The molecule has 2 aromatic heterocycles. The molecule has 1 saturated heterocycles. The van der Waals surface area contributed by atoms with Gasteiger partial charge in [-0.3, -0.25) is 9.89 Å². The lowest BCUT2D eigenvalue weighted by Gasteiger charge is -2.27. The highest BCUT2D eigenvalue weighted by molar-refractivity contribution is 5.85. The zero-order valence-corrected chi connectivity index (χ0v) is 17.1. The number of hydrogen-bond donors (Lipinski definition) is 2. The number of nitrogens with zero attached hydrogens (tertiary/aromatic N) is 5. The fourth-order valence-electron chi connectivity index (χ4n) is 4.03. The Morgan fingerprint density at radius 1 is 1.29 bits per heavy atom. The van der Waals surface area contributed by atoms with Crippen LogP contribution < -0.4 is 10.2 Å². The van der Waals surface area contributed by atoms with Crippen molar-refractivity contribution in [2.75, 3.05) is 30.9 Å². The van der Waals surface area contributed by atoms with E-state index in [1.165, 1.54) is 5.56 Å². The van der Waals surface area contributed by atoms with Crippen molar-refractivity contribution in [3.63, 3.8) is 0 Å². The standard InChI is InChI=1S/C20H29N7O/c1-12(2)15-11-17(25-24-15)22-18-13-7-5-8-14(13)21-20(23-18)27-10-6-9-16(27)19(28)26(3)4/h11-12,16H,5-10H2,1-4H3,(H2,21,22,23,24,25)/t16-/m1/s1. The van der Waals surface area contributed by atoms with Gasteiger partial charge in [-0.15, -0.1) is 0 Å². The summed E-state index contributed by atoms with van der Waals surface area (Å²) in [6.45, 7) is 5.07. The molecule has 2 aliphatic rings. The van der Waals surface area contributed by atoms with Gasteiger partial charge in [-0.1, -0.05) is 13.8 Å². The Hall–Kier alpha value is -2.64. The molecule has 28 heavy (non-hydrogen) atoms. The van der Waals surface area contributed by atoms with Crippen molar-refractivity contribution in [3.05, 3.63) is 23.0 Å². The maximum absolute atomic E-state index is 12.6. The highest BCUT2D eigenvalue weighted by atomic mass is 16.2. The van der Waals surface area contributed by atoms with E-state index in [9.17, 15) is 4.79 Å². The van der Waals surface area contributed by atoms with Crippen molar-refractivity contribution in [3.8, 4) is 0 Å². The second-order valence-electron chi connectivity index (χ2n) is 8.22. The maximum Gasteiger partial charge on any atom is 0.244 e. The van der Waals surface area contributed by atoms with Gasteiger partial charge in [0.1, 0.15) is 11.9 Å². The maximum atomic E-state index is 12.6. The molecule has 2 N–H and O–H groups in total. The fourth-order valence-corrected chi connectivity index (χ4v) is 4.03. The molecule has 2 aromatic rings. The van der Waals surface area contributed by atoms with Crippen LogP contribution in [0, 0.1) is 0 Å². The number of aromatic nitrogens is 4. The van der Waals surface area contributed by atoms with Gasteiger partial charge >= 0.3 is 0 Å². The molecule has 0 spiro atoms. The van der Waals surface area contributed by atoms with E-state index in [-0.39, 0.29) is 11.9 Å². The Labute approximate surface area is 165 Å². The van der Waals surface area contributed by atoms with Gasteiger partial charge in [0.25, 0.3) is 0 Å². The summed E-state index contributed by atoms with van der Waals surface area (Å²) in [6, 6.07) is 1.85. The van der Waals surface area contributed by atoms with Crippen LogP contribution in [0.3, 0.4) is 0 Å². The summed E-state index contributed by atoms with van der Waals surface area (Å²) in [5.74, 6) is 2.75. The summed E-state index contributed by atoms with van der Waals surface area (Å²) >= 11 is 0. The normalized spacial score (nSPS) is 18.6. The summed E-state index contributed by atoms with van der Waals surface area (Å²) in [7, 11) is 3.61. The Morgan fingerprint density at radius 3 is 2.82 bits per heavy atom. The van der Waals surface area contributed by atoms with Crippen LogP contribution in [0.1, 0.15) is 56.0 Å². The lowest BCUT2D eigenvalue weighted by atomic mass is 10.1. The topological polar surface area (TPSA) is 90.0 Å². The highest BCUT2D eigenvalue weighted by Gasteiger charge is 2.34. The number of hydrogen-bond acceptors (Lipinski definition) is 6. The molecule has 150 valence electrons. The van der Waals surface area contributed by atoms with Crippen molar-refractivity contribution in [1.29, 1.82) is 0 Å². The van der Waals surface area contributed by atoms with Crippen LogP contribution >= 0.6 is 0 Å². The number of carbonyl (C=O) groups excluding carboxylic acids is 1. The predicted octanol–water partition coefficient (Wildman–Crippen LogP) is 2.61. The Balaban J connectivity index is 1.66. The lowest BCUT2D eigenvalue weighted by molar-refractivity contribution is -0.129. The summed E-state index contributed by atoms with van der Waals surface area (Å²) < 4.78 is 0. The first kappa shape index (κ1) is 18.7. The quantitative estimate of drug-likeness (QED) is 0.825. The van der Waals surface area contributed by atoms with Crippen molar-refractivity contribution in [2.45, 2.75) is 57.9 Å². The number of likely N-dealkylation sites (N-methyl/N-ethyl adjacent to an activating group) is 1. The molecule has 4 rings (SSSR count). The monoisotopic (exact) mass is 383 g/mol. The van der Waals surface area contributed by atoms with E-state index >= 15 is 0 Å². The molecule has 1 amide bonds. The van der Waals surface area contributed by atoms with Crippen LogP contribution in [0.2, 0.25) is 0 Å². The molecule has 1 atom stereocenters. The number of nitrogens with one attached hydrogen (secondary N) is 2. The van der Waals surface area contributed by atoms with Crippen LogP contribution in [0.5, 0.6) is 0 Å². The molecule has 0 bridgehead atoms. The molecule has 1 fully saturated rings. The molecular weight excluding hydrogens is 354 g/mol. The minimum absolute atomic E-state index is 0.116. The number of H-pyrrole nitrogens is 1. The molecule has 8 heteroatoms. The minimum atomic E-state index is -0.180. The number of carbonyl (C=O) groups is 1. The van der Waals surface area contributed by atoms with Crippen LogP contribution in [0.15, 0.2) is 6.07 Å². The molecule has 0 aromatic carbocycles. The van der Waals surface area contributed by atoms with Gasteiger partial charge in [-0.05, 0) is 38.0 Å². The zero-order chi connectivity index (χ0) is 19.8. The fraction of sp³-hybridized carbons (Fsp3) is 0.600. The van der Waals surface area contributed by atoms with Gasteiger partial charge in [-0.2, -0.15) is 10.1 Å². The van der Waals surface area contributed by atoms with E-state index in [2.05, 4.69) is 34.3 Å². The Morgan fingerprint density at radius 2 is 2.11 bits per heavy atom. The van der Waals surface area contributed by atoms with Gasteiger partial charge in [0.05, 0.1) is 5.69 Å². The molecule has 0 radical (unpaired) electrons. The van der Waals surface area contributed by atoms with E-state index in [1.54, 1.807) is 19.0 Å². The van der Waals surface area contributed by atoms with E-state index in [4.69, 9.17) is 9.97 Å².